The molecule has 0 unspecified atom stereocenters. The number of fused-ring (bicyclic) bond motifs is 3. The lowest BCUT2D eigenvalue weighted by molar-refractivity contribution is -0.142. The Morgan fingerprint density at radius 1 is 0.780 bits per heavy atom. The minimum absolute atomic E-state index is 0.00255. The van der Waals surface area contributed by atoms with Crippen LogP contribution in [0.15, 0.2) is 48.5 Å². The van der Waals surface area contributed by atoms with Gasteiger partial charge in [-0.2, -0.15) is 0 Å². The highest BCUT2D eigenvalue weighted by Gasteiger charge is 2.30. The van der Waals surface area contributed by atoms with Gasteiger partial charge in [-0.3, -0.25) is 9.59 Å². The van der Waals surface area contributed by atoms with Crippen LogP contribution in [0.5, 0.6) is 0 Å². The zero-order valence-corrected chi connectivity index (χ0v) is 28.6. The molecule has 2 atom stereocenters. The van der Waals surface area contributed by atoms with E-state index < -0.39 is 42.0 Å². The smallest absolute Gasteiger partial charge is 0.407 e. The Balaban J connectivity index is 1.19. The van der Waals surface area contributed by atoms with Gasteiger partial charge in [-0.25, -0.2) is 14.4 Å². The molecule has 0 saturated heterocycles. The number of hydrogen-bond acceptors (Lipinski definition) is 9. The molecule has 15 nitrogen and oxygen atoms in total. The van der Waals surface area contributed by atoms with Gasteiger partial charge in [0.05, 0.1) is 39.6 Å². The molecule has 0 bridgehead atoms. The highest BCUT2D eigenvalue weighted by atomic mass is 16.6. The van der Waals surface area contributed by atoms with Gasteiger partial charge >= 0.3 is 18.1 Å². The molecule has 2 aromatic rings. The maximum absolute atomic E-state index is 12.7. The van der Waals surface area contributed by atoms with Crippen molar-refractivity contribution < 1.29 is 48.0 Å². The summed E-state index contributed by atoms with van der Waals surface area (Å²) in [5.41, 5.74) is 9.63. The van der Waals surface area contributed by atoms with Gasteiger partial charge < -0.3 is 51.1 Å². The second kappa shape index (κ2) is 21.4. The van der Waals surface area contributed by atoms with Crippen molar-refractivity contribution in [2.24, 2.45) is 11.7 Å². The minimum Gasteiger partial charge on any atom is -0.480 e. The lowest BCUT2D eigenvalue weighted by atomic mass is 9.98. The number of nitrogens with two attached hydrogens (primary N) is 1. The normalized spacial score (nSPS) is 13.1. The minimum atomic E-state index is -1.23. The van der Waals surface area contributed by atoms with Crippen molar-refractivity contribution in [3.63, 3.8) is 0 Å². The van der Waals surface area contributed by atoms with Crippen LogP contribution in [0.3, 0.4) is 0 Å². The summed E-state index contributed by atoms with van der Waals surface area (Å²) in [5, 5.41) is 19.6. The molecule has 50 heavy (non-hydrogen) atoms. The Bertz CT molecular complexity index is 1380. The third kappa shape index (κ3) is 13.3. The SMILES string of the molecule is CC(C)[C@H](NC(=O)CCOCCOCCOCCNC(=O)OCC1c2ccccc2-c2ccccc21)C(=O)N[C@@H](CCCNC(N)=O)C(=O)O. The van der Waals surface area contributed by atoms with Gasteiger partial charge in [0.15, 0.2) is 0 Å². The summed E-state index contributed by atoms with van der Waals surface area (Å²) in [7, 11) is 0. The monoisotopic (exact) mass is 699 g/mol. The van der Waals surface area contributed by atoms with Crippen LogP contribution in [0.4, 0.5) is 9.59 Å². The molecule has 3 rings (SSSR count). The number of carboxylic acids is 1. The maximum atomic E-state index is 12.7. The largest absolute Gasteiger partial charge is 0.480 e. The fourth-order valence-corrected chi connectivity index (χ4v) is 5.40. The topological polar surface area (TPSA) is 217 Å². The number of benzene rings is 2. The Hall–Kier alpha value is -4.73. The van der Waals surface area contributed by atoms with Crippen molar-refractivity contribution in [2.45, 2.75) is 51.1 Å². The molecule has 1 aliphatic carbocycles. The number of urea groups is 1. The first-order valence-electron chi connectivity index (χ1n) is 16.8. The number of carbonyl (C=O) groups is 5. The quantitative estimate of drug-likeness (QED) is 0.0929. The number of amides is 5. The molecule has 0 aromatic heterocycles. The number of ether oxygens (including phenoxy) is 4. The van der Waals surface area contributed by atoms with Crippen molar-refractivity contribution in [1.29, 1.82) is 0 Å². The van der Waals surface area contributed by atoms with Crippen LogP contribution in [0, 0.1) is 5.92 Å². The number of nitrogens with one attached hydrogen (secondary N) is 4. The lowest BCUT2D eigenvalue weighted by Crippen LogP contribution is -2.53. The molecule has 0 heterocycles. The average molecular weight is 700 g/mol. The third-order valence-corrected chi connectivity index (χ3v) is 7.93. The molecule has 2 aromatic carbocycles. The first kappa shape index (κ1) is 39.7. The van der Waals surface area contributed by atoms with Crippen LogP contribution >= 0.6 is 0 Å². The number of carboxylic acid groups (broad SMARTS) is 1. The molecule has 0 radical (unpaired) electrons. The van der Waals surface area contributed by atoms with Crippen molar-refractivity contribution >= 4 is 29.9 Å². The van der Waals surface area contributed by atoms with E-state index in [1.165, 1.54) is 11.1 Å². The van der Waals surface area contributed by atoms with Gasteiger partial charge in [0.1, 0.15) is 18.7 Å². The number of primary amides is 1. The third-order valence-electron chi connectivity index (χ3n) is 7.93. The van der Waals surface area contributed by atoms with Crippen molar-refractivity contribution in [3.8, 4) is 11.1 Å². The maximum Gasteiger partial charge on any atom is 0.407 e. The van der Waals surface area contributed by atoms with Crippen LogP contribution in [0.1, 0.15) is 50.2 Å². The fraction of sp³-hybridized carbons (Fsp3) is 0.514. The van der Waals surface area contributed by atoms with Gasteiger partial charge in [-0.1, -0.05) is 62.4 Å². The van der Waals surface area contributed by atoms with E-state index in [0.29, 0.717) is 19.8 Å². The molecule has 0 aliphatic heterocycles. The van der Waals surface area contributed by atoms with Gasteiger partial charge in [0.2, 0.25) is 11.8 Å². The first-order valence-corrected chi connectivity index (χ1v) is 16.8. The van der Waals surface area contributed by atoms with E-state index in [1.54, 1.807) is 13.8 Å². The van der Waals surface area contributed by atoms with E-state index in [9.17, 15) is 29.1 Å². The molecule has 5 amide bonds. The molecular formula is C35H49N5O10. The van der Waals surface area contributed by atoms with Crippen LogP contribution in [-0.4, -0.2) is 106 Å². The summed E-state index contributed by atoms with van der Waals surface area (Å²) in [6.45, 7) is 5.73. The molecular weight excluding hydrogens is 650 g/mol. The van der Waals surface area contributed by atoms with E-state index in [-0.39, 0.29) is 70.6 Å². The number of aliphatic carboxylic acids is 1. The summed E-state index contributed by atoms with van der Waals surface area (Å²) in [6.07, 6.45) is -0.146. The van der Waals surface area contributed by atoms with Gasteiger partial charge in [0.25, 0.3) is 0 Å². The second-order valence-electron chi connectivity index (χ2n) is 12.0. The molecule has 274 valence electrons. The van der Waals surface area contributed by atoms with E-state index in [4.69, 9.17) is 24.7 Å². The van der Waals surface area contributed by atoms with Crippen molar-refractivity contribution in [1.82, 2.24) is 21.3 Å². The van der Waals surface area contributed by atoms with Crippen LogP contribution in [-0.2, 0) is 33.3 Å². The van der Waals surface area contributed by atoms with Crippen molar-refractivity contribution in [2.75, 3.05) is 59.3 Å². The molecule has 1 aliphatic rings. The van der Waals surface area contributed by atoms with Gasteiger partial charge in [0, 0.05) is 25.4 Å². The van der Waals surface area contributed by atoms with Crippen LogP contribution < -0.4 is 27.0 Å². The number of rotatable bonds is 23. The zero-order chi connectivity index (χ0) is 36.3. The second-order valence-corrected chi connectivity index (χ2v) is 12.0. The molecule has 15 heteroatoms. The first-order chi connectivity index (χ1) is 24.1. The number of carbonyl (C=O) groups excluding carboxylic acids is 4. The molecule has 0 fully saturated rings. The number of hydrogen-bond donors (Lipinski definition) is 6. The van der Waals surface area contributed by atoms with E-state index in [2.05, 4.69) is 45.5 Å². The highest BCUT2D eigenvalue weighted by Crippen LogP contribution is 2.44. The summed E-state index contributed by atoms with van der Waals surface area (Å²) in [4.78, 5) is 59.8. The average Bonchev–Trinajstić information content (AvgIpc) is 3.41. The summed E-state index contributed by atoms with van der Waals surface area (Å²) in [5.74, 6) is -2.57. The van der Waals surface area contributed by atoms with Crippen molar-refractivity contribution in [3.05, 3.63) is 59.7 Å². The predicted octanol–water partition coefficient (Wildman–Crippen LogP) is 2.12. The molecule has 0 saturated carbocycles. The van der Waals surface area contributed by atoms with E-state index in [0.717, 1.165) is 11.1 Å². The molecule has 7 N–H and O–H groups in total. The Morgan fingerprint density at radius 3 is 1.94 bits per heavy atom. The lowest BCUT2D eigenvalue weighted by Gasteiger charge is -2.24. The Labute approximate surface area is 291 Å². The number of alkyl carbamates (subject to hydrolysis) is 1. The van der Waals surface area contributed by atoms with Crippen LogP contribution in [0.25, 0.3) is 11.1 Å². The van der Waals surface area contributed by atoms with E-state index >= 15 is 0 Å². The highest BCUT2D eigenvalue weighted by molar-refractivity contribution is 5.90. The Morgan fingerprint density at radius 2 is 1.36 bits per heavy atom. The van der Waals surface area contributed by atoms with Gasteiger partial charge in [-0.15, -0.1) is 0 Å². The predicted molar refractivity (Wildman–Crippen MR) is 183 cm³/mol. The standard InChI is InChI=1S/C35H49N5O10/c1-23(2)31(32(42)39-29(33(43)44)12-7-14-37-34(36)45)40-30(41)13-16-47-18-20-49-21-19-48-17-15-38-35(46)50-22-28-26-10-5-3-8-24(26)25-9-4-6-11-27(25)28/h3-6,8-11,23,28-29,31H,7,12-22H2,1-2H3,(H,38,46)(H,39,42)(H,40,41)(H,43,44)(H3,36,37,45)/t29-,31-/m0/s1. The van der Waals surface area contributed by atoms with Gasteiger partial charge in [-0.05, 0) is 41.0 Å². The fourth-order valence-electron chi connectivity index (χ4n) is 5.40. The zero-order valence-electron chi connectivity index (χ0n) is 28.6. The van der Waals surface area contributed by atoms with Crippen LogP contribution in [0.2, 0.25) is 0 Å². The summed E-state index contributed by atoms with van der Waals surface area (Å²) < 4.78 is 21.9. The van der Waals surface area contributed by atoms with E-state index in [1.807, 2.05) is 24.3 Å². The molecule has 0 spiro atoms. The Kier molecular flexibility index (Phi) is 17.0. The summed E-state index contributed by atoms with van der Waals surface area (Å²) in [6, 6.07) is 13.5. The summed E-state index contributed by atoms with van der Waals surface area (Å²) >= 11 is 0.